The molecule has 0 bridgehead atoms. The zero-order chi connectivity index (χ0) is 12.1. The number of rotatable bonds is 5. The molecule has 4 nitrogen and oxygen atoms in total. The van der Waals surface area contributed by atoms with E-state index in [1.54, 1.807) is 0 Å². The number of hydrogen-bond donors (Lipinski definition) is 1. The van der Waals surface area contributed by atoms with Gasteiger partial charge in [-0.25, -0.2) is 0 Å². The Hall–Kier alpha value is -0.160. The first-order valence-electron chi connectivity index (χ1n) is 7.04. The Morgan fingerprint density at radius 3 is 3.00 bits per heavy atom. The Kier molecular flexibility index (Phi) is 5.22. The van der Waals surface area contributed by atoms with Gasteiger partial charge in [-0.3, -0.25) is 4.90 Å². The van der Waals surface area contributed by atoms with E-state index in [4.69, 9.17) is 4.74 Å². The monoisotopic (exact) mass is 241 g/mol. The summed E-state index contributed by atoms with van der Waals surface area (Å²) in [5.41, 5.74) is 0. The van der Waals surface area contributed by atoms with Crippen molar-refractivity contribution in [2.24, 2.45) is 0 Å². The van der Waals surface area contributed by atoms with Crippen LogP contribution in [-0.4, -0.2) is 74.9 Å². The highest BCUT2D eigenvalue weighted by molar-refractivity contribution is 4.84. The van der Waals surface area contributed by atoms with Crippen LogP contribution < -0.4 is 5.32 Å². The van der Waals surface area contributed by atoms with E-state index in [9.17, 15) is 0 Å². The van der Waals surface area contributed by atoms with Crippen LogP contribution in [0.2, 0.25) is 0 Å². The van der Waals surface area contributed by atoms with Gasteiger partial charge in [0.25, 0.3) is 0 Å². The summed E-state index contributed by atoms with van der Waals surface area (Å²) in [6.45, 7) is 9.82. The van der Waals surface area contributed by atoms with E-state index in [0.717, 1.165) is 45.4 Å². The van der Waals surface area contributed by atoms with Gasteiger partial charge < -0.3 is 15.0 Å². The lowest BCUT2D eigenvalue weighted by Gasteiger charge is -2.34. The lowest BCUT2D eigenvalue weighted by molar-refractivity contribution is -0.0371. The van der Waals surface area contributed by atoms with Crippen molar-refractivity contribution >= 4 is 0 Å². The molecule has 2 heterocycles. The Labute approximate surface area is 105 Å². The van der Waals surface area contributed by atoms with Crippen LogP contribution in [0.3, 0.4) is 0 Å². The van der Waals surface area contributed by atoms with Crippen LogP contribution in [0.5, 0.6) is 0 Å². The van der Waals surface area contributed by atoms with E-state index in [2.05, 4.69) is 29.1 Å². The first-order chi connectivity index (χ1) is 8.29. The Morgan fingerprint density at radius 1 is 1.35 bits per heavy atom. The molecule has 2 atom stereocenters. The Balaban J connectivity index is 1.76. The third-order valence-corrected chi connectivity index (χ3v) is 3.91. The standard InChI is InChI=1S/C13H27N3O/c1-3-14-9-12-5-4-6-16(12)11-13-10-15(2)7-8-17-13/h12-14H,3-11H2,1-2H3. The van der Waals surface area contributed by atoms with E-state index in [1.165, 1.54) is 19.4 Å². The maximum atomic E-state index is 5.86. The molecule has 0 spiro atoms. The van der Waals surface area contributed by atoms with Crippen LogP contribution in [0.4, 0.5) is 0 Å². The fourth-order valence-electron chi connectivity index (χ4n) is 2.92. The highest BCUT2D eigenvalue weighted by Crippen LogP contribution is 2.18. The average molecular weight is 241 g/mol. The van der Waals surface area contributed by atoms with Crippen LogP contribution in [0.25, 0.3) is 0 Å². The Morgan fingerprint density at radius 2 is 2.24 bits per heavy atom. The minimum Gasteiger partial charge on any atom is -0.374 e. The summed E-state index contributed by atoms with van der Waals surface area (Å²) >= 11 is 0. The van der Waals surface area contributed by atoms with Crippen molar-refractivity contribution in [3.8, 4) is 0 Å². The van der Waals surface area contributed by atoms with Crippen LogP contribution in [0, 0.1) is 0 Å². The van der Waals surface area contributed by atoms with E-state index >= 15 is 0 Å². The zero-order valence-electron chi connectivity index (χ0n) is 11.3. The van der Waals surface area contributed by atoms with E-state index in [-0.39, 0.29) is 0 Å². The van der Waals surface area contributed by atoms with Crippen LogP contribution in [0.1, 0.15) is 19.8 Å². The van der Waals surface area contributed by atoms with Crippen LogP contribution in [0.15, 0.2) is 0 Å². The van der Waals surface area contributed by atoms with Crippen molar-refractivity contribution in [3.63, 3.8) is 0 Å². The second-order valence-electron chi connectivity index (χ2n) is 5.35. The summed E-state index contributed by atoms with van der Waals surface area (Å²) < 4.78 is 5.86. The van der Waals surface area contributed by atoms with Gasteiger partial charge >= 0.3 is 0 Å². The van der Waals surface area contributed by atoms with Gasteiger partial charge in [0.05, 0.1) is 12.7 Å². The van der Waals surface area contributed by atoms with E-state index < -0.39 is 0 Å². The maximum absolute atomic E-state index is 5.86. The van der Waals surface area contributed by atoms with Crippen molar-refractivity contribution < 1.29 is 4.74 Å². The number of nitrogens with zero attached hydrogens (tertiary/aromatic N) is 2. The number of likely N-dealkylation sites (N-methyl/N-ethyl adjacent to an activating group) is 2. The molecule has 100 valence electrons. The fraction of sp³-hybridized carbons (Fsp3) is 1.00. The quantitative estimate of drug-likeness (QED) is 0.754. The largest absolute Gasteiger partial charge is 0.374 e. The zero-order valence-corrected chi connectivity index (χ0v) is 11.3. The molecule has 0 aliphatic carbocycles. The molecule has 2 saturated heterocycles. The summed E-state index contributed by atoms with van der Waals surface area (Å²) in [4.78, 5) is 5.00. The molecule has 0 aromatic carbocycles. The molecule has 1 N–H and O–H groups in total. The number of hydrogen-bond acceptors (Lipinski definition) is 4. The molecule has 2 fully saturated rings. The second kappa shape index (κ2) is 6.69. The molecule has 0 saturated carbocycles. The lowest BCUT2D eigenvalue weighted by Crippen LogP contribution is -2.48. The number of ether oxygens (including phenoxy) is 1. The summed E-state index contributed by atoms with van der Waals surface area (Å²) in [6.07, 6.45) is 3.10. The van der Waals surface area contributed by atoms with Gasteiger partial charge in [0.1, 0.15) is 0 Å². The second-order valence-corrected chi connectivity index (χ2v) is 5.35. The van der Waals surface area contributed by atoms with Gasteiger partial charge in [0.15, 0.2) is 0 Å². The van der Waals surface area contributed by atoms with Gasteiger partial charge in [0.2, 0.25) is 0 Å². The van der Waals surface area contributed by atoms with Crippen molar-refractivity contribution in [1.29, 1.82) is 0 Å². The fourth-order valence-corrected chi connectivity index (χ4v) is 2.92. The van der Waals surface area contributed by atoms with Gasteiger partial charge in [-0.15, -0.1) is 0 Å². The number of nitrogens with one attached hydrogen (secondary N) is 1. The highest BCUT2D eigenvalue weighted by Gasteiger charge is 2.28. The van der Waals surface area contributed by atoms with Gasteiger partial charge in [-0.2, -0.15) is 0 Å². The van der Waals surface area contributed by atoms with Crippen LogP contribution in [-0.2, 0) is 4.74 Å². The van der Waals surface area contributed by atoms with Crippen molar-refractivity contribution in [2.75, 3.05) is 52.9 Å². The predicted molar refractivity (Wildman–Crippen MR) is 70.4 cm³/mol. The molecule has 2 unspecified atom stereocenters. The van der Waals surface area contributed by atoms with Crippen LogP contribution >= 0.6 is 0 Å². The number of morpholine rings is 1. The molecule has 0 amide bonds. The highest BCUT2D eigenvalue weighted by atomic mass is 16.5. The average Bonchev–Trinajstić information content (AvgIpc) is 2.74. The molecule has 0 aromatic rings. The molecule has 2 aliphatic heterocycles. The van der Waals surface area contributed by atoms with Gasteiger partial charge in [0, 0.05) is 32.2 Å². The van der Waals surface area contributed by atoms with Crippen molar-refractivity contribution in [3.05, 3.63) is 0 Å². The third kappa shape index (κ3) is 3.91. The summed E-state index contributed by atoms with van der Waals surface area (Å²) in [7, 11) is 2.19. The first kappa shape index (κ1) is 13.3. The summed E-state index contributed by atoms with van der Waals surface area (Å²) in [6, 6.07) is 0.728. The third-order valence-electron chi connectivity index (χ3n) is 3.91. The minimum absolute atomic E-state index is 0.413. The topological polar surface area (TPSA) is 27.7 Å². The molecule has 4 heteroatoms. The van der Waals surface area contributed by atoms with E-state index in [1.807, 2.05) is 0 Å². The molecule has 2 rings (SSSR count). The predicted octanol–water partition coefficient (Wildman–Crippen LogP) is 0.391. The SMILES string of the molecule is CCNCC1CCCN1CC1CN(C)CCO1. The van der Waals surface area contributed by atoms with Crippen molar-refractivity contribution in [2.45, 2.75) is 31.9 Å². The number of likely N-dealkylation sites (tertiary alicyclic amines) is 1. The summed E-state index contributed by atoms with van der Waals surface area (Å²) in [5, 5.41) is 3.47. The van der Waals surface area contributed by atoms with Gasteiger partial charge in [-0.1, -0.05) is 6.92 Å². The first-order valence-corrected chi connectivity index (χ1v) is 7.04. The Bertz CT molecular complexity index is 225. The lowest BCUT2D eigenvalue weighted by atomic mass is 10.2. The molecule has 17 heavy (non-hydrogen) atoms. The molecular formula is C13H27N3O. The maximum Gasteiger partial charge on any atom is 0.0829 e. The smallest absolute Gasteiger partial charge is 0.0829 e. The van der Waals surface area contributed by atoms with Crippen molar-refractivity contribution in [1.82, 2.24) is 15.1 Å². The minimum atomic E-state index is 0.413. The molecule has 0 radical (unpaired) electrons. The molecular weight excluding hydrogens is 214 g/mol. The summed E-state index contributed by atoms with van der Waals surface area (Å²) in [5.74, 6) is 0. The molecule has 2 aliphatic rings. The van der Waals surface area contributed by atoms with Gasteiger partial charge in [-0.05, 0) is 33.0 Å². The normalized spacial score (nSPS) is 32.1. The van der Waals surface area contributed by atoms with E-state index in [0.29, 0.717) is 6.10 Å². The molecule has 0 aromatic heterocycles.